The molecule has 2 unspecified atom stereocenters. The van der Waals surface area contributed by atoms with Crippen LogP contribution < -0.4 is 0 Å². The van der Waals surface area contributed by atoms with Crippen molar-refractivity contribution in [1.82, 2.24) is 9.80 Å². The second-order valence-corrected chi connectivity index (χ2v) is 9.94. The minimum Gasteiger partial charge on any atom is -0.478 e. The molecule has 2 atom stereocenters. The maximum absolute atomic E-state index is 10.1. The molecule has 0 amide bonds. The van der Waals surface area contributed by atoms with Crippen LogP contribution in [0.4, 0.5) is 0 Å². The van der Waals surface area contributed by atoms with Gasteiger partial charge >= 0.3 is 11.9 Å². The van der Waals surface area contributed by atoms with Gasteiger partial charge in [-0.15, -0.1) is 0 Å². The van der Waals surface area contributed by atoms with Gasteiger partial charge in [-0.25, -0.2) is 9.59 Å². The Morgan fingerprint density at radius 2 is 1.59 bits per heavy atom. The maximum atomic E-state index is 10.1. The van der Waals surface area contributed by atoms with Crippen LogP contribution >= 0.6 is 23.4 Å². The van der Waals surface area contributed by atoms with E-state index in [0.717, 1.165) is 43.3 Å². The molecule has 0 spiro atoms. The highest BCUT2D eigenvalue weighted by Gasteiger charge is 2.29. The van der Waals surface area contributed by atoms with Gasteiger partial charge in [0.15, 0.2) is 0 Å². The molecule has 182 valence electrons. The predicted octanol–water partition coefficient (Wildman–Crippen LogP) is 3.95. The van der Waals surface area contributed by atoms with E-state index in [-0.39, 0.29) is 0 Å². The van der Waals surface area contributed by atoms with Gasteiger partial charge in [-0.05, 0) is 54.9 Å². The number of aliphatic hydroxyl groups excluding tert-OH is 1. The highest BCUT2D eigenvalue weighted by Crippen LogP contribution is 2.47. The van der Waals surface area contributed by atoms with Crippen molar-refractivity contribution in [2.45, 2.75) is 28.7 Å². The zero-order valence-electron chi connectivity index (χ0n) is 19.1. The number of benzene rings is 2. The van der Waals surface area contributed by atoms with Crippen LogP contribution in [0, 0.1) is 0 Å². The molecule has 3 N–H and O–H groups in total. The number of fused-ring (bicyclic) bond motifs is 2. The number of hydrogen-bond donors (Lipinski definition) is 3. The molecule has 2 aromatic carbocycles. The normalized spacial score (nSPS) is 19.0. The molecular formula is C25H29ClN2O5S. The molecular weight excluding hydrogens is 476 g/mol. The number of aliphatic hydroxyl groups is 1. The van der Waals surface area contributed by atoms with Crippen molar-refractivity contribution in [2.75, 3.05) is 39.8 Å². The van der Waals surface area contributed by atoms with Crippen LogP contribution in [-0.2, 0) is 9.59 Å². The van der Waals surface area contributed by atoms with E-state index in [4.69, 9.17) is 21.8 Å². The number of rotatable bonds is 5. The Kier molecular flexibility index (Phi) is 9.16. The second-order valence-electron chi connectivity index (χ2n) is 8.42. The molecule has 0 bridgehead atoms. The lowest BCUT2D eigenvalue weighted by atomic mass is 9.88. The quantitative estimate of drug-likeness (QED) is 0.526. The van der Waals surface area contributed by atoms with E-state index >= 15 is 0 Å². The maximum Gasteiger partial charge on any atom is 0.328 e. The van der Waals surface area contributed by atoms with Gasteiger partial charge < -0.3 is 20.2 Å². The highest BCUT2D eigenvalue weighted by atomic mass is 35.5. The van der Waals surface area contributed by atoms with Crippen molar-refractivity contribution in [3.63, 3.8) is 0 Å². The van der Waals surface area contributed by atoms with E-state index in [0.29, 0.717) is 18.1 Å². The van der Waals surface area contributed by atoms with E-state index in [1.807, 2.05) is 30.8 Å². The van der Waals surface area contributed by atoms with Gasteiger partial charge in [0.05, 0.1) is 6.10 Å². The number of hydrogen-bond acceptors (Lipinski definition) is 6. The third-order valence-electron chi connectivity index (χ3n) is 5.86. The van der Waals surface area contributed by atoms with Gasteiger partial charge in [-0.2, -0.15) is 0 Å². The summed E-state index contributed by atoms with van der Waals surface area (Å²) >= 11 is 8.15. The van der Waals surface area contributed by atoms with Crippen molar-refractivity contribution >= 4 is 35.3 Å². The Bertz CT molecular complexity index is 1050. The fourth-order valence-electron chi connectivity index (χ4n) is 3.99. The molecule has 0 saturated carbocycles. The summed E-state index contributed by atoms with van der Waals surface area (Å²) in [5, 5.41) is 26.5. The summed E-state index contributed by atoms with van der Waals surface area (Å²) in [6, 6.07) is 12.7. The van der Waals surface area contributed by atoms with E-state index in [2.05, 4.69) is 41.1 Å². The molecule has 0 radical (unpaired) electrons. The van der Waals surface area contributed by atoms with Gasteiger partial charge in [0.1, 0.15) is 0 Å². The Morgan fingerprint density at radius 1 is 1.03 bits per heavy atom. The summed E-state index contributed by atoms with van der Waals surface area (Å²) < 4.78 is 0. The fraction of sp³-hybridized carbons (Fsp3) is 0.360. The first-order chi connectivity index (χ1) is 16.1. The van der Waals surface area contributed by atoms with E-state index in [1.165, 1.54) is 20.9 Å². The van der Waals surface area contributed by atoms with Crippen LogP contribution in [0.25, 0.3) is 0 Å². The number of carboxylic acid groups (broad SMARTS) is 2. The van der Waals surface area contributed by atoms with Gasteiger partial charge in [0.25, 0.3) is 0 Å². The van der Waals surface area contributed by atoms with Crippen LogP contribution in [0.5, 0.6) is 0 Å². The molecule has 2 aliphatic rings. The molecule has 4 rings (SSSR count). The van der Waals surface area contributed by atoms with Crippen molar-refractivity contribution in [2.24, 2.45) is 0 Å². The summed E-state index contributed by atoms with van der Waals surface area (Å²) in [5.74, 6) is -2.22. The average molecular weight is 505 g/mol. The largest absolute Gasteiger partial charge is 0.478 e. The molecule has 1 saturated heterocycles. The average Bonchev–Trinajstić information content (AvgIpc) is 2.79. The van der Waals surface area contributed by atoms with Crippen molar-refractivity contribution in [3.05, 3.63) is 70.3 Å². The summed E-state index contributed by atoms with van der Waals surface area (Å²) in [6.07, 6.45) is 0.667. The Balaban J connectivity index is 0.000000350. The number of carboxylic acids is 2. The van der Waals surface area contributed by atoms with E-state index < -0.39 is 18.0 Å². The van der Waals surface area contributed by atoms with Crippen molar-refractivity contribution in [3.8, 4) is 0 Å². The van der Waals surface area contributed by atoms with Gasteiger partial charge in [-0.3, -0.25) is 4.90 Å². The van der Waals surface area contributed by atoms with Crippen LogP contribution in [0.2, 0.25) is 5.02 Å². The number of aliphatic carboxylic acids is 2. The first kappa shape index (κ1) is 26.2. The lowest BCUT2D eigenvalue weighted by Gasteiger charge is -2.37. The molecule has 0 aliphatic carbocycles. The number of halogens is 1. The molecule has 34 heavy (non-hydrogen) atoms. The van der Waals surface area contributed by atoms with Gasteiger partial charge in [-0.1, -0.05) is 35.5 Å². The van der Waals surface area contributed by atoms with E-state index in [1.54, 1.807) is 0 Å². The number of nitrogens with zero attached hydrogens (tertiary/aromatic N) is 2. The van der Waals surface area contributed by atoms with E-state index in [9.17, 15) is 14.7 Å². The SMILES string of the molecule is CC(O)c1ccc2c(c1)C(CN1CCN(C)CC1)c1cc(Cl)ccc1S2.O=C(O)/C=C\C(=O)O. The lowest BCUT2D eigenvalue weighted by molar-refractivity contribution is -0.134. The first-order valence-corrected chi connectivity index (χ1v) is 12.2. The summed E-state index contributed by atoms with van der Waals surface area (Å²) in [7, 11) is 2.19. The van der Waals surface area contributed by atoms with Crippen LogP contribution in [0.1, 0.15) is 35.6 Å². The molecule has 7 nitrogen and oxygen atoms in total. The molecule has 2 aromatic rings. The minimum absolute atomic E-state index is 0.294. The third kappa shape index (κ3) is 7.07. The Labute approximate surface area is 208 Å². The standard InChI is InChI=1S/C21H25ClN2OS.C4H4O4/c1-14(25)15-3-5-20-17(11-15)19(13-24-9-7-23(2)8-10-24)18-12-16(22)4-6-21(18)26-20;5-3(6)1-2-4(7)8/h3-6,11-12,14,19,25H,7-10,13H2,1-2H3;1-2H,(H,5,6)(H,7,8)/b;2-1-. The molecule has 1 fully saturated rings. The van der Waals surface area contributed by atoms with Gasteiger partial charge in [0, 0.05) is 65.6 Å². The zero-order valence-corrected chi connectivity index (χ0v) is 20.7. The second kappa shape index (κ2) is 11.9. The summed E-state index contributed by atoms with van der Waals surface area (Å²) in [4.78, 5) is 26.6. The topological polar surface area (TPSA) is 101 Å². The predicted molar refractivity (Wildman–Crippen MR) is 133 cm³/mol. The smallest absolute Gasteiger partial charge is 0.328 e. The van der Waals surface area contributed by atoms with Crippen LogP contribution in [-0.4, -0.2) is 76.8 Å². The van der Waals surface area contributed by atoms with Crippen LogP contribution in [0.3, 0.4) is 0 Å². The Hall–Kier alpha value is -2.36. The van der Waals surface area contributed by atoms with Crippen molar-refractivity contribution in [1.29, 1.82) is 0 Å². The van der Waals surface area contributed by atoms with Gasteiger partial charge in [0.2, 0.25) is 0 Å². The molecule has 9 heteroatoms. The number of carbonyl (C=O) groups is 2. The summed E-state index contributed by atoms with van der Waals surface area (Å²) in [5.41, 5.74) is 3.62. The molecule has 2 aliphatic heterocycles. The summed E-state index contributed by atoms with van der Waals surface area (Å²) in [6.45, 7) is 7.26. The molecule has 2 heterocycles. The van der Waals surface area contributed by atoms with Crippen molar-refractivity contribution < 1.29 is 24.9 Å². The number of piperazine rings is 1. The Morgan fingerprint density at radius 3 is 2.15 bits per heavy atom. The fourth-order valence-corrected chi connectivity index (χ4v) is 5.32. The first-order valence-electron chi connectivity index (χ1n) is 11.0. The highest BCUT2D eigenvalue weighted by molar-refractivity contribution is 7.99. The molecule has 0 aromatic heterocycles. The van der Waals surface area contributed by atoms with Crippen LogP contribution in [0.15, 0.2) is 58.3 Å². The zero-order chi connectivity index (χ0) is 24.8. The minimum atomic E-state index is -1.26. The monoisotopic (exact) mass is 504 g/mol. The third-order valence-corrected chi connectivity index (χ3v) is 7.28. The number of likely N-dealkylation sites (N-methyl/N-ethyl adjacent to an activating group) is 1. The lowest BCUT2D eigenvalue weighted by Crippen LogP contribution is -2.46.